The molecular weight excluding hydrogens is 679 g/mol. The summed E-state index contributed by atoms with van der Waals surface area (Å²) in [5.74, 6) is 0.833. The van der Waals surface area contributed by atoms with Crippen molar-refractivity contribution in [3.8, 4) is 33.5 Å². The van der Waals surface area contributed by atoms with Gasteiger partial charge in [-0.3, -0.25) is 9.88 Å². The van der Waals surface area contributed by atoms with Gasteiger partial charge >= 0.3 is 0 Å². The Morgan fingerprint density at radius 1 is 0.411 bits per heavy atom. The summed E-state index contributed by atoms with van der Waals surface area (Å²) in [6, 6.07) is 56.6. The first-order valence-corrected chi connectivity index (χ1v) is 19.4. The lowest BCUT2D eigenvalue weighted by atomic mass is 9.77. The van der Waals surface area contributed by atoms with Crippen LogP contribution in [0.3, 0.4) is 0 Å². The highest BCUT2D eigenvalue weighted by atomic mass is 15.2. The first-order valence-electron chi connectivity index (χ1n) is 19.4. The Hall–Kier alpha value is -6.58. The predicted octanol–water partition coefficient (Wildman–Crippen LogP) is 14.0. The van der Waals surface area contributed by atoms with E-state index in [1.807, 2.05) is 30.6 Å². The van der Waals surface area contributed by atoms with Crippen LogP contribution in [0.1, 0.15) is 56.0 Å². The summed E-state index contributed by atoms with van der Waals surface area (Å²) in [7, 11) is 0. The van der Waals surface area contributed by atoms with Gasteiger partial charge in [0.2, 0.25) is 0 Å². The number of rotatable bonds is 9. The molecule has 8 aromatic rings. The van der Waals surface area contributed by atoms with E-state index in [4.69, 9.17) is 9.97 Å². The molecule has 0 radical (unpaired) electrons. The Morgan fingerprint density at radius 3 is 1.45 bits per heavy atom. The molecule has 1 aromatic heterocycles. The van der Waals surface area contributed by atoms with Gasteiger partial charge in [-0.05, 0) is 127 Å². The molecule has 0 aliphatic carbocycles. The minimum Gasteiger partial charge on any atom is -0.294 e. The van der Waals surface area contributed by atoms with Gasteiger partial charge in [-0.1, -0.05) is 145 Å². The van der Waals surface area contributed by atoms with Crippen LogP contribution in [0.4, 0.5) is 17.2 Å². The monoisotopic (exact) mass is 725 g/mol. The SMILES string of the molecule is Cc1cc(C)c(C(c2ccc(N(c3cccc(-c4ccccc4-c4ccccc4)c3)c3cnc(-c4ccccc4)cn3)cc2)c2c(C)cc(C)cc2C)c(C)c1. The zero-order valence-electron chi connectivity index (χ0n) is 33.1. The van der Waals surface area contributed by atoms with Crippen LogP contribution in [0.15, 0.2) is 170 Å². The van der Waals surface area contributed by atoms with Crippen molar-refractivity contribution in [1.82, 2.24) is 9.97 Å². The first-order chi connectivity index (χ1) is 27.2. The van der Waals surface area contributed by atoms with Gasteiger partial charge < -0.3 is 0 Å². The largest absolute Gasteiger partial charge is 0.294 e. The van der Waals surface area contributed by atoms with E-state index in [2.05, 4.69) is 186 Å². The lowest BCUT2D eigenvalue weighted by Gasteiger charge is -2.28. The molecule has 1 heterocycles. The molecule has 3 heteroatoms. The molecule has 0 saturated carbocycles. The molecule has 7 aromatic carbocycles. The topological polar surface area (TPSA) is 29.0 Å². The molecule has 0 aliphatic rings. The van der Waals surface area contributed by atoms with Crippen molar-refractivity contribution in [2.24, 2.45) is 0 Å². The molecule has 8 rings (SSSR count). The Kier molecular flexibility index (Phi) is 10.2. The summed E-state index contributed by atoms with van der Waals surface area (Å²) < 4.78 is 0. The predicted molar refractivity (Wildman–Crippen MR) is 235 cm³/mol. The number of aromatic nitrogens is 2. The van der Waals surface area contributed by atoms with Crippen molar-refractivity contribution >= 4 is 17.2 Å². The fourth-order valence-electron chi connectivity index (χ4n) is 8.61. The van der Waals surface area contributed by atoms with Gasteiger partial charge in [0.1, 0.15) is 0 Å². The molecule has 0 amide bonds. The van der Waals surface area contributed by atoms with E-state index in [0.717, 1.165) is 34.0 Å². The van der Waals surface area contributed by atoms with Gasteiger partial charge in [0, 0.05) is 22.9 Å². The minimum atomic E-state index is 0.0847. The summed E-state index contributed by atoms with van der Waals surface area (Å²) >= 11 is 0. The molecule has 0 bridgehead atoms. The van der Waals surface area contributed by atoms with E-state index in [-0.39, 0.29) is 5.92 Å². The highest BCUT2D eigenvalue weighted by Crippen LogP contribution is 2.42. The molecule has 0 fully saturated rings. The van der Waals surface area contributed by atoms with E-state index in [1.165, 1.54) is 66.8 Å². The quantitative estimate of drug-likeness (QED) is 0.139. The minimum absolute atomic E-state index is 0.0847. The van der Waals surface area contributed by atoms with Crippen LogP contribution in [0.25, 0.3) is 33.5 Å². The van der Waals surface area contributed by atoms with E-state index < -0.39 is 0 Å². The zero-order valence-corrected chi connectivity index (χ0v) is 33.1. The molecule has 0 saturated heterocycles. The number of aryl methyl sites for hydroxylation is 6. The van der Waals surface area contributed by atoms with Gasteiger partial charge in [-0.15, -0.1) is 0 Å². The zero-order chi connectivity index (χ0) is 38.8. The average Bonchev–Trinajstić information content (AvgIpc) is 3.21. The van der Waals surface area contributed by atoms with Crippen LogP contribution in [0.2, 0.25) is 0 Å². The smallest absolute Gasteiger partial charge is 0.156 e. The average molecular weight is 726 g/mol. The molecule has 0 N–H and O–H groups in total. The molecule has 274 valence electrons. The lowest BCUT2D eigenvalue weighted by molar-refractivity contribution is 0.919. The second-order valence-corrected chi connectivity index (χ2v) is 15.1. The Bertz CT molecular complexity index is 2520. The maximum Gasteiger partial charge on any atom is 0.156 e. The third-order valence-electron chi connectivity index (χ3n) is 10.9. The van der Waals surface area contributed by atoms with Crippen molar-refractivity contribution < 1.29 is 0 Å². The molecule has 0 spiro atoms. The van der Waals surface area contributed by atoms with E-state index in [1.54, 1.807) is 0 Å². The summed E-state index contributed by atoms with van der Waals surface area (Å²) in [6.45, 7) is 13.4. The standard InChI is InChI=1S/C53H47N3/c1-35-28-37(3)51(38(4)29-35)53(52-39(5)30-36(2)31-40(52)6)43-24-26-45(27-25-43)56(50-34-54-49(33-55-50)42-18-11-8-12-19-42)46-21-15-20-44(32-46)48-23-14-13-22-47(48)41-16-9-7-10-17-41/h7-34,53H,1-6H3. The number of nitrogens with zero attached hydrogens (tertiary/aromatic N) is 3. The normalized spacial score (nSPS) is 11.2. The molecular formula is C53H47N3. The molecule has 3 nitrogen and oxygen atoms in total. The van der Waals surface area contributed by atoms with Crippen molar-refractivity contribution in [3.63, 3.8) is 0 Å². The van der Waals surface area contributed by atoms with Crippen LogP contribution in [-0.2, 0) is 0 Å². The van der Waals surface area contributed by atoms with E-state index in [9.17, 15) is 0 Å². The fourth-order valence-corrected chi connectivity index (χ4v) is 8.61. The third kappa shape index (κ3) is 7.29. The number of hydrogen-bond acceptors (Lipinski definition) is 3. The number of hydrogen-bond donors (Lipinski definition) is 0. The second-order valence-electron chi connectivity index (χ2n) is 15.1. The maximum absolute atomic E-state index is 5.05. The molecule has 0 aliphatic heterocycles. The van der Waals surface area contributed by atoms with Crippen LogP contribution in [0.5, 0.6) is 0 Å². The Balaban J connectivity index is 1.27. The Morgan fingerprint density at radius 2 is 0.911 bits per heavy atom. The van der Waals surface area contributed by atoms with Crippen LogP contribution in [-0.4, -0.2) is 9.97 Å². The molecule has 0 atom stereocenters. The fraction of sp³-hybridized carbons (Fsp3) is 0.132. The van der Waals surface area contributed by atoms with E-state index >= 15 is 0 Å². The highest BCUT2D eigenvalue weighted by molar-refractivity contribution is 5.86. The number of benzene rings is 7. The molecule has 0 unspecified atom stereocenters. The summed E-state index contributed by atoms with van der Waals surface area (Å²) in [5, 5.41) is 0. The van der Waals surface area contributed by atoms with Crippen molar-refractivity contribution in [3.05, 3.63) is 220 Å². The number of anilines is 3. The van der Waals surface area contributed by atoms with Crippen molar-refractivity contribution in [1.29, 1.82) is 0 Å². The van der Waals surface area contributed by atoms with Crippen molar-refractivity contribution in [2.45, 2.75) is 47.5 Å². The third-order valence-corrected chi connectivity index (χ3v) is 10.9. The van der Waals surface area contributed by atoms with Crippen LogP contribution in [0, 0.1) is 41.5 Å². The van der Waals surface area contributed by atoms with Gasteiger partial charge in [0.05, 0.1) is 18.1 Å². The van der Waals surface area contributed by atoms with Gasteiger partial charge in [-0.2, -0.15) is 0 Å². The summed E-state index contributed by atoms with van der Waals surface area (Å²) in [5.41, 5.74) is 20.5. The van der Waals surface area contributed by atoms with E-state index in [0.29, 0.717) is 0 Å². The van der Waals surface area contributed by atoms with Gasteiger partial charge in [0.15, 0.2) is 5.82 Å². The summed E-state index contributed by atoms with van der Waals surface area (Å²) in [4.78, 5) is 12.2. The molecule has 56 heavy (non-hydrogen) atoms. The summed E-state index contributed by atoms with van der Waals surface area (Å²) in [6.07, 6.45) is 3.77. The second kappa shape index (κ2) is 15.6. The van der Waals surface area contributed by atoms with Crippen LogP contribution >= 0.6 is 0 Å². The lowest BCUT2D eigenvalue weighted by Crippen LogP contribution is -2.14. The van der Waals surface area contributed by atoms with Crippen LogP contribution < -0.4 is 4.90 Å². The maximum atomic E-state index is 5.05. The highest BCUT2D eigenvalue weighted by Gasteiger charge is 2.25. The van der Waals surface area contributed by atoms with Gasteiger partial charge in [-0.25, -0.2) is 4.98 Å². The van der Waals surface area contributed by atoms with Crippen molar-refractivity contribution in [2.75, 3.05) is 4.90 Å². The Labute approximate surface area is 332 Å². The first kappa shape index (κ1) is 36.4. The van der Waals surface area contributed by atoms with Gasteiger partial charge in [0.25, 0.3) is 0 Å².